The third-order valence-electron chi connectivity index (χ3n) is 3.70. The van der Waals surface area contributed by atoms with Gasteiger partial charge in [0, 0.05) is 19.2 Å². The maximum atomic E-state index is 8.87. The van der Waals surface area contributed by atoms with E-state index in [0.29, 0.717) is 6.42 Å². The third-order valence-corrected chi connectivity index (χ3v) is 3.70. The summed E-state index contributed by atoms with van der Waals surface area (Å²) in [6, 6.07) is 0. The van der Waals surface area contributed by atoms with Gasteiger partial charge >= 0.3 is 0 Å². The molecule has 1 rings (SSSR count). The fourth-order valence-electron chi connectivity index (χ4n) is 2.25. The Morgan fingerprint density at radius 2 is 1.70 bits per heavy atom. The summed E-state index contributed by atoms with van der Waals surface area (Å²) in [6.07, 6.45) is 13.8. The van der Waals surface area contributed by atoms with Gasteiger partial charge in [0.05, 0.1) is 12.2 Å². The molecule has 0 atom stereocenters. The van der Waals surface area contributed by atoms with E-state index in [-0.39, 0.29) is 6.61 Å². The smallest absolute Gasteiger partial charge is 0.0850 e. The second-order valence-corrected chi connectivity index (χ2v) is 6.37. The van der Waals surface area contributed by atoms with Crippen molar-refractivity contribution in [2.24, 2.45) is 0 Å². The normalized spacial score (nSPS) is 12.6. The van der Waals surface area contributed by atoms with Crippen LogP contribution in [0, 0.1) is 0 Å². The monoisotopic (exact) mass is 317 g/mol. The van der Waals surface area contributed by atoms with E-state index in [2.05, 4.69) is 56.2 Å². The van der Waals surface area contributed by atoms with Crippen LogP contribution in [-0.4, -0.2) is 26.7 Å². The lowest BCUT2D eigenvalue weighted by Crippen LogP contribution is -1.96. The van der Waals surface area contributed by atoms with Crippen LogP contribution in [0.5, 0.6) is 0 Å². The van der Waals surface area contributed by atoms with Crippen LogP contribution in [0.15, 0.2) is 41.1 Å². The van der Waals surface area contributed by atoms with E-state index < -0.39 is 0 Å². The number of aromatic nitrogens is 3. The van der Waals surface area contributed by atoms with E-state index in [9.17, 15) is 0 Å². The summed E-state index contributed by atoms with van der Waals surface area (Å²) in [5.74, 6) is 0. The zero-order valence-electron chi connectivity index (χ0n) is 15.0. The van der Waals surface area contributed by atoms with Gasteiger partial charge in [0.15, 0.2) is 0 Å². The van der Waals surface area contributed by atoms with Crippen molar-refractivity contribution in [3.8, 4) is 0 Å². The van der Waals surface area contributed by atoms with Gasteiger partial charge in [-0.3, -0.25) is 0 Å². The first-order chi connectivity index (χ1) is 11.0. The van der Waals surface area contributed by atoms with E-state index >= 15 is 0 Å². The molecule has 0 spiro atoms. The first kappa shape index (κ1) is 19.4. The Labute approximate surface area is 140 Å². The molecule has 0 fully saturated rings. The third kappa shape index (κ3) is 9.14. The molecular formula is C19H31N3O. The molecule has 0 radical (unpaired) electrons. The summed E-state index contributed by atoms with van der Waals surface area (Å²) < 4.78 is 1.81. The average molecular weight is 317 g/mol. The molecule has 0 saturated heterocycles. The topological polar surface area (TPSA) is 50.9 Å². The summed E-state index contributed by atoms with van der Waals surface area (Å²) in [4.78, 5) is 0. The van der Waals surface area contributed by atoms with Crippen LogP contribution < -0.4 is 0 Å². The SMILES string of the molecule is CC(C)=CCC/C(C)=C/CC/C(C)=C/Cn1cc(CCO)nn1. The van der Waals surface area contributed by atoms with Crippen LogP contribution >= 0.6 is 0 Å². The molecule has 0 aromatic carbocycles. The Hall–Kier alpha value is -1.68. The lowest BCUT2D eigenvalue weighted by atomic mass is 10.1. The average Bonchev–Trinajstić information content (AvgIpc) is 2.93. The fraction of sp³-hybridized carbons (Fsp3) is 0.579. The van der Waals surface area contributed by atoms with Crippen LogP contribution in [-0.2, 0) is 13.0 Å². The van der Waals surface area contributed by atoms with Gasteiger partial charge in [-0.05, 0) is 53.4 Å². The van der Waals surface area contributed by atoms with Crippen molar-refractivity contribution in [3.63, 3.8) is 0 Å². The standard InChI is InChI=1S/C19H31N3O/c1-16(2)7-5-8-17(3)9-6-10-18(4)11-13-22-15-19(12-14-23)20-21-22/h7,9,11,15,23H,5-6,8,10,12-14H2,1-4H3/b17-9+,18-11+. The molecule has 23 heavy (non-hydrogen) atoms. The van der Waals surface area contributed by atoms with E-state index in [0.717, 1.165) is 37.9 Å². The maximum absolute atomic E-state index is 8.87. The summed E-state index contributed by atoms with van der Waals surface area (Å²) in [5.41, 5.74) is 5.08. The summed E-state index contributed by atoms with van der Waals surface area (Å²) >= 11 is 0. The van der Waals surface area contributed by atoms with Crippen LogP contribution in [0.25, 0.3) is 0 Å². The van der Waals surface area contributed by atoms with Crippen molar-refractivity contribution >= 4 is 0 Å². The number of rotatable bonds is 10. The van der Waals surface area contributed by atoms with Gasteiger partial charge in [0.25, 0.3) is 0 Å². The number of allylic oxidation sites excluding steroid dienone is 6. The Morgan fingerprint density at radius 3 is 2.35 bits per heavy atom. The van der Waals surface area contributed by atoms with Crippen molar-refractivity contribution in [2.45, 2.75) is 66.3 Å². The first-order valence-corrected chi connectivity index (χ1v) is 8.45. The van der Waals surface area contributed by atoms with Crippen LogP contribution in [0.2, 0.25) is 0 Å². The first-order valence-electron chi connectivity index (χ1n) is 8.45. The molecule has 1 heterocycles. The highest BCUT2D eigenvalue weighted by molar-refractivity contribution is 5.05. The Bertz CT molecular complexity index is 549. The van der Waals surface area contributed by atoms with Crippen LogP contribution in [0.4, 0.5) is 0 Å². The Balaban J connectivity index is 2.31. The maximum Gasteiger partial charge on any atom is 0.0850 e. The zero-order valence-corrected chi connectivity index (χ0v) is 15.0. The Morgan fingerprint density at radius 1 is 1.04 bits per heavy atom. The molecule has 1 aromatic heterocycles. The summed E-state index contributed by atoms with van der Waals surface area (Å²) in [5, 5.41) is 16.9. The number of aliphatic hydroxyl groups is 1. The van der Waals surface area contributed by atoms with Crippen LogP contribution in [0.1, 0.15) is 59.1 Å². The highest BCUT2D eigenvalue weighted by atomic mass is 16.3. The lowest BCUT2D eigenvalue weighted by molar-refractivity contribution is 0.298. The minimum atomic E-state index is 0.118. The molecular weight excluding hydrogens is 286 g/mol. The van der Waals surface area contributed by atoms with Crippen molar-refractivity contribution in [1.29, 1.82) is 0 Å². The van der Waals surface area contributed by atoms with Gasteiger partial charge in [-0.25, -0.2) is 4.68 Å². The molecule has 4 heteroatoms. The van der Waals surface area contributed by atoms with Gasteiger partial charge in [0.2, 0.25) is 0 Å². The molecule has 4 nitrogen and oxygen atoms in total. The fourth-order valence-corrected chi connectivity index (χ4v) is 2.25. The number of nitrogens with zero attached hydrogens (tertiary/aromatic N) is 3. The van der Waals surface area contributed by atoms with Gasteiger partial charge in [0.1, 0.15) is 0 Å². The summed E-state index contributed by atoms with van der Waals surface area (Å²) in [6.45, 7) is 9.54. The molecule has 1 aromatic rings. The van der Waals surface area contributed by atoms with E-state index in [1.807, 2.05) is 10.9 Å². The molecule has 0 aliphatic rings. The Kier molecular flexibility index (Phi) is 9.22. The molecule has 0 amide bonds. The molecule has 0 aliphatic heterocycles. The zero-order chi connectivity index (χ0) is 17.1. The number of hydrogen-bond donors (Lipinski definition) is 1. The molecule has 0 saturated carbocycles. The molecule has 1 N–H and O–H groups in total. The second-order valence-electron chi connectivity index (χ2n) is 6.37. The highest BCUT2D eigenvalue weighted by Gasteiger charge is 1.98. The van der Waals surface area contributed by atoms with Crippen molar-refractivity contribution in [1.82, 2.24) is 15.0 Å². The lowest BCUT2D eigenvalue weighted by Gasteiger charge is -2.02. The van der Waals surface area contributed by atoms with Gasteiger partial charge in [-0.2, -0.15) is 0 Å². The van der Waals surface area contributed by atoms with Crippen molar-refractivity contribution in [2.75, 3.05) is 6.61 Å². The van der Waals surface area contributed by atoms with Crippen LogP contribution in [0.3, 0.4) is 0 Å². The minimum Gasteiger partial charge on any atom is -0.396 e. The molecule has 128 valence electrons. The number of hydrogen-bond acceptors (Lipinski definition) is 3. The number of aliphatic hydroxyl groups excluding tert-OH is 1. The van der Waals surface area contributed by atoms with E-state index in [4.69, 9.17) is 5.11 Å². The highest BCUT2D eigenvalue weighted by Crippen LogP contribution is 2.11. The molecule has 0 unspecified atom stereocenters. The molecule has 0 aliphatic carbocycles. The van der Waals surface area contributed by atoms with E-state index in [1.54, 1.807) is 0 Å². The van der Waals surface area contributed by atoms with Gasteiger partial charge in [-0.15, -0.1) is 5.10 Å². The minimum absolute atomic E-state index is 0.118. The second kappa shape index (κ2) is 10.9. The van der Waals surface area contributed by atoms with Gasteiger partial charge < -0.3 is 5.11 Å². The van der Waals surface area contributed by atoms with Crippen molar-refractivity contribution < 1.29 is 5.11 Å². The summed E-state index contributed by atoms with van der Waals surface area (Å²) in [7, 11) is 0. The predicted octanol–water partition coefficient (Wildman–Crippen LogP) is 4.23. The largest absolute Gasteiger partial charge is 0.396 e. The quantitative estimate of drug-likeness (QED) is 0.657. The van der Waals surface area contributed by atoms with Crippen molar-refractivity contribution in [3.05, 3.63) is 46.8 Å². The predicted molar refractivity (Wildman–Crippen MR) is 96.2 cm³/mol. The van der Waals surface area contributed by atoms with E-state index in [1.165, 1.54) is 16.7 Å². The molecule has 0 bridgehead atoms. The van der Waals surface area contributed by atoms with Gasteiger partial charge in [-0.1, -0.05) is 40.2 Å².